The van der Waals surface area contributed by atoms with Crippen molar-refractivity contribution in [1.82, 2.24) is 16.0 Å². The minimum Gasteiger partial charge on any atom is -0.480 e. The van der Waals surface area contributed by atoms with Crippen molar-refractivity contribution >= 4 is 59.9 Å². The van der Waals surface area contributed by atoms with E-state index >= 15 is 0 Å². The third-order valence-corrected chi connectivity index (χ3v) is 5.12. The molecule has 4 unspecified atom stereocenters. The van der Waals surface area contributed by atoms with Gasteiger partial charge in [0, 0.05) is 12.2 Å². The van der Waals surface area contributed by atoms with Crippen LogP contribution in [0.25, 0.3) is 0 Å². The van der Waals surface area contributed by atoms with Crippen LogP contribution in [-0.2, 0) is 28.8 Å². The maximum atomic E-state index is 12.8. The molecule has 0 aromatic rings. The monoisotopic (exact) mass is 494 g/mol. The zero-order chi connectivity index (χ0) is 24.8. The van der Waals surface area contributed by atoms with Crippen LogP contribution in [0.2, 0.25) is 0 Å². The normalized spacial score (nSPS) is 14.3. The minimum absolute atomic E-state index is 0.162. The van der Waals surface area contributed by atoms with Gasteiger partial charge >= 0.3 is 5.97 Å². The van der Waals surface area contributed by atoms with Crippen LogP contribution < -0.4 is 33.2 Å². The molecule has 0 aliphatic heterocycles. The average molecular weight is 495 g/mol. The number of carboxylic acids is 1. The summed E-state index contributed by atoms with van der Waals surface area (Å²) in [4.78, 5) is 70.8. The van der Waals surface area contributed by atoms with Gasteiger partial charge in [-0.3, -0.25) is 24.0 Å². The first-order chi connectivity index (χ1) is 14.9. The standard InChI is InChI=1S/C17H30N6O7S2/c1-32-5-4-10(16(28)23-11(7-31)17(29)30)22-15(27)9(2-3-12(19)24)21-14(26)8(18)6-13(20)25/h8-11,31H,2-7,18H2,1H3,(H2,19,24)(H2,20,25)(H,21,26)(H,22,27)(H,23,28)(H,29,30). The lowest BCUT2D eigenvalue weighted by Crippen LogP contribution is -2.57. The number of thiol groups is 1. The number of hydrogen-bond donors (Lipinski definition) is 8. The number of carbonyl (C=O) groups excluding carboxylic acids is 5. The molecule has 182 valence electrons. The molecule has 0 aromatic heterocycles. The second-order valence-corrected chi connectivity index (χ2v) is 8.12. The third kappa shape index (κ3) is 11.8. The molecule has 0 rings (SSSR count). The van der Waals surface area contributed by atoms with Crippen molar-refractivity contribution in [3.63, 3.8) is 0 Å². The van der Waals surface area contributed by atoms with Gasteiger partial charge in [0.15, 0.2) is 0 Å². The maximum Gasteiger partial charge on any atom is 0.327 e. The van der Waals surface area contributed by atoms with Crippen LogP contribution >= 0.6 is 24.4 Å². The highest BCUT2D eigenvalue weighted by Crippen LogP contribution is 2.05. The van der Waals surface area contributed by atoms with E-state index in [2.05, 4.69) is 28.6 Å². The maximum absolute atomic E-state index is 12.8. The first-order valence-electron chi connectivity index (χ1n) is 9.48. The highest BCUT2D eigenvalue weighted by molar-refractivity contribution is 7.98. The van der Waals surface area contributed by atoms with E-state index in [0.29, 0.717) is 5.75 Å². The molecule has 0 aliphatic carbocycles. The number of primary amides is 2. The van der Waals surface area contributed by atoms with Crippen LogP contribution in [0.4, 0.5) is 0 Å². The Morgan fingerprint density at radius 2 is 1.38 bits per heavy atom. The molecule has 0 radical (unpaired) electrons. The highest BCUT2D eigenvalue weighted by Gasteiger charge is 2.30. The molecule has 13 nitrogen and oxygen atoms in total. The topological polar surface area (TPSA) is 237 Å². The average Bonchev–Trinajstić information content (AvgIpc) is 2.70. The van der Waals surface area contributed by atoms with Crippen molar-refractivity contribution in [1.29, 1.82) is 0 Å². The Kier molecular flexibility index (Phi) is 14.1. The number of amides is 5. The number of nitrogens with one attached hydrogen (secondary N) is 3. The summed E-state index contributed by atoms with van der Waals surface area (Å²) >= 11 is 5.27. The Morgan fingerprint density at radius 1 is 0.875 bits per heavy atom. The quantitative estimate of drug-likeness (QED) is 0.1000. The number of carboxylic acid groups (broad SMARTS) is 1. The molecule has 0 aromatic carbocycles. The number of hydrogen-bond acceptors (Lipinski definition) is 9. The fraction of sp³-hybridized carbons (Fsp3) is 0.647. The lowest BCUT2D eigenvalue weighted by molar-refractivity contribution is -0.141. The Morgan fingerprint density at radius 3 is 1.81 bits per heavy atom. The van der Waals surface area contributed by atoms with Crippen molar-refractivity contribution in [2.45, 2.75) is 49.9 Å². The highest BCUT2D eigenvalue weighted by atomic mass is 32.2. The predicted molar refractivity (Wildman–Crippen MR) is 120 cm³/mol. The van der Waals surface area contributed by atoms with Crippen molar-refractivity contribution < 1.29 is 33.9 Å². The predicted octanol–water partition coefficient (Wildman–Crippen LogP) is -3.32. The van der Waals surface area contributed by atoms with E-state index in [4.69, 9.17) is 22.3 Å². The molecule has 0 saturated carbocycles. The summed E-state index contributed by atoms with van der Waals surface area (Å²) in [5.41, 5.74) is 15.7. The Bertz CT molecular complexity index is 709. The molecule has 15 heteroatoms. The van der Waals surface area contributed by atoms with Gasteiger partial charge < -0.3 is 38.3 Å². The molecule has 0 fully saturated rings. The molecule has 0 saturated heterocycles. The summed E-state index contributed by atoms with van der Waals surface area (Å²) in [6.45, 7) is 0. The van der Waals surface area contributed by atoms with Crippen LogP contribution in [0, 0.1) is 0 Å². The van der Waals surface area contributed by atoms with Crippen LogP contribution in [-0.4, -0.2) is 82.5 Å². The summed E-state index contributed by atoms with van der Waals surface area (Å²) in [5.74, 6) is -4.98. The van der Waals surface area contributed by atoms with Gasteiger partial charge in [-0.05, 0) is 24.9 Å². The Hall–Kier alpha value is -2.52. The van der Waals surface area contributed by atoms with Gasteiger partial charge in [0.1, 0.15) is 18.1 Å². The van der Waals surface area contributed by atoms with Crippen LogP contribution in [0.3, 0.4) is 0 Å². The third-order valence-electron chi connectivity index (χ3n) is 4.11. The Balaban J connectivity index is 5.44. The van der Waals surface area contributed by atoms with Gasteiger partial charge in [-0.25, -0.2) is 4.79 Å². The van der Waals surface area contributed by atoms with E-state index in [1.807, 2.05) is 0 Å². The van der Waals surface area contributed by atoms with Gasteiger partial charge in [-0.15, -0.1) is 0 Å². The molecule has 0 spiro atoms. The molecule has 0 aliphatic rings. The van der Waals surface area contributed by atoms with Gasteiger partial charge in [0.05, 0.1) is 12.5 Å². The fourth-order valence-electron chi connectivity index (χ4n) is 2.38. The molecule has 10 N–H and O–H groups in total. The van der Waals surface area contributed by atoms with Gasteiger partial charge in [-0.1, -0.05) is 0 Å². The molecule has 5 amide bonds. The zero-order valence-corrected chi connectivity index (χ0v) is 19.2. The van der Waals surface area contributed by atoms with E-state index in [-0.39, 0.29) is 25.0 Å². The van der Waals surface area contributed by atoms with Gasteiger partial charge in [0.25, 0.3) is 0 Å². The van der Waals surface area contributed by atoms with Crippen molar-refractivity contribution in [3.8, 4) is 0 Å². The lowest BCUT2D eigenvalue weighted by atomic mass is 10.1. The smallest absolute Gasteiger partial charge is 0.327 e. The van der Waals surface area contributed by atoms with Crippen molar-refractivity contribution in [2.75, 3.05) is 17.8 Å². The molecular formula is C17H30N6O7S2. The van der Waals surface area contributed by atoms with Gasteiger partial charge in [-0.2, -0.15) is 24.4 Å². The summed E-state index contributed by atoms with van der Waals surface area (Å²) in [6, 6.07) is -5.00. The number of carbonyl (C=O) groups is 6. The second kappa shape index (κ2) is 15.3. The first-order valence-corrected chi connectivity index (χ1v) is 11.5. The molecule has 32 heavy (non-hydrogen) atoms. The zero-order valence-electron chi connectivity index (χ0n) is 17.5. The summed E-state index contributed by atoms with van der Waals surface area (Å²) in [5, 5.41) is 16.1. The fourth-order valence-corrected chi connectivity index (χ4v) is 3.10. The van der Waals surface area contributed by atoms with E-state index in [0.717, 1.165) is 0 Å². The molecule has 4 atom stereocenters. The second-order valence-electron chi connectivity index (χ2n) is 6.77. The Labute approximate surface area is 194 Å². The first kappa shape index (κ1) is 29.5. The minimum atomic E-state index is -1.32. The number of aliphatic carboxylic acids is 1. The van der Waals surface area contributed by atoms with Crippen LogP contribution in [0.1, 0.15) is 25.7 Å². The molecule has 0 bridgehead atoms. The van der Waals surface area contributed by atoms with Crippen LogP contribution in [0.5, 0.6) is 0 Å². The van der Waals surface area contributed by atoms with Crippen molar-refractivity contribution in [3.05, 3.63) is 0 Å². The van der Waals surface area contributed by atoms with Gasteiger partial charge in [0.2, 0.25) is 29.5 Å². The van der Waals surface area contributed by atoms with E-state index < -0.39 is 66.1 Å². The van der Waals surface area contributed by atoms with Crippen molar-refractivity contribution in [2.24, 2.45) is 17.2 Å². The largest absolute Gasteiger partial charge is 0.480 e. The summed E-state index contributed by atoms with van der Waals surface area (Å²) < 4.78 is 0. The van der Waals surface area contributed by atoms with E-state index in [9.17, 15) is 28.8 Å². The molecule has 0 heterocycles. The summed E-state index contributed by atoms with van der Waals surface area (Å²) in [6.07, 6.45) is 1.03. The SMILES string of the molecule is CSCCC(NC(=O)C(CCC(N)=O)NC(=O)C(N)CC(N)=O)C(=O)NC(CS)C(=O)O. The lowest BCUT2D eigenvalue weighted by Gasteiger charge is -2.24. The molecular weight excluding hydrogens is 464 g/mol. The number of nitrogens with two attached hydrogens (primary N) is 3. The van der Waals surface area contributed by atoms with E-state index in [1.165, 1.54) is 11.8 Å². The summed E-state index contributed by atoms with van der Waals surface area (Å²) in [7, 11) is 0. The number of rotatable bonds is 16. The number of thioether (sulfide) groups is 1. The van der Waals surface area contributed by atoms with E-state index in [1.54, 1.807) is 6.26 Å². The van der Waals surface area contributed by atoms with Crippen LogP contribution in [0.15, 0.2) is 0 Å².